The third-order valence-electron chi connectivity index (χ3n) is 3.48. The fraction of sp³-hybridized carbons (Fsp3) is 0.188. The molecule has 0 radical (unpaired) electrons. The van der Waals surface area contributed by atoms with Gasteiger partial charge in [-0.2, -0.15) is 4.98 Å². The topological polar surface area (TPSA) is 82.5 Å². The van der Waals surface area contributed by atoms with Crippen molar-refractivity contribution < 1.29 is 4.52 Å². The maximum Gasteiger partial charge on any atom is 0.276 e. The van der Waals surface area contributed by atoms with E-state index in [0.717, 1.165) is 21.6 Å². The lowest BCUT2D eigenvalue weighted by molar-refractivity contribution is 0.424. The van der Waals surface area contributed by atoms with Crippen LogP contribution in [0.1, 0.15) is 11.5 Å². The molecule has 126 valence electrons. The van der Waals surface area contributed by atoms with Crippen molar-refractivity contribution in [1.29, 1.82) is 0 Å². The molecule has 0 spiro atoms. The fourth-order valence-electron chi connectivity index (χ4n) is 2.27. The molecular formula is C16H14N6OS2. The van der Waals surface area contributed by atoms with Crippen molar-refractivity contribution in [2.45, 2.75) is 17.8 Å². The van der Waals surface area contributed by atoms with Crippen LogP contribution in [-0.4, -0.2) is 29.9 Å². The van der Waals surface area contributed by atoms with Crippen molar-refractivity contribution in [2.24, 2.45) is 7.05 Å². The molecule has 0 amide bonds. The molecule has 0 fully saturated rings. The molecule has 0 unspecified atom stereocenters. The first-order valence-corrected chi connectivity index (χ1v) is 9.40. The highest BCUT2D eigenvalue weighted by atomic mass is 32.2. The van der Waals surface area contributed by atoms with Gasteiger partial charge in [-0.05, 0) is 30.5 Å². The normalized spacial score (nSPS) is 11.1. The zero-order valence-electron chi connectivity index (χ0n) is 13.6. The summed E-state index contributed by atoms with van der Waals surface area (Å²) in [6, 6.07) is 9.73. The summed E-state index contributed by atoms with van der Waals surface area (Å²) in [5, 5.41) is 15.4. The second kappa shape index (κ2) is 6.77. The summed E-state index contributed by atoms with van der Waals surface area (Å²) in [7, 11) is 1.95. The van der Waals surface area contributed by atoms with E-state index in [0.29, 0.717) is 23.2 Å². The van der Waals surface area contributed by atoms with Crippen LogP contribution in [0.3, 0.4) is 0 Å². The molecule has 0 aliphatic carbocycles. The number of rotatable bonds is 5. The maximum atomic E-state index is 5.31. The van der Waals surface area contributed by atoms with Gasteiger partial charge in [-0.15, -0.1) is 21.5 Å². The van der Waals surface area contributed by atoms with Crippen molar-refractivity contribution in [2.75, 3.05) is 0 Å². The van der Waals surface area contributed by atoms with Crippen LogP contribution in [0.25, 0.3) is 22.3 Å². The minimum absolute atomic E-state index is 0.427. The van der Waals surface area contributed by atoms with Crippen molar-refractivity contribution >= 4 is 23.1 Å². The van der Waals surface area contributed by atoms with E-state index >= 15 is 0 Å². The minimum Gasteiger partial charge on any atom is -0.332 e. The Bertz CT molecular complexity index is 992. The first kappa shape index (κ1) is 16.0. The first-order chi connectivity index (χ1) is 12.2. The molecule has 4 aromatic heterocycles. The number of hydrogen-bond acceptors (Lipinski definition) is 8. The summed E-state index contributed by atoms with van der Waals surface area (Å²) in [5.74, 6) is 2.43. The Morgan fingerprint density at radius 3 is 2.88 bits per heavy atom. The van der Waals surface area contributed by atoms with Gasteiger partial charge in [0.2, 0.25) is 0 Å². The summed E-state index contributed by atoms with van der Waals surface area (Å²) in [5.41, 5.74) is 1.59. The Hall–Kier alpha value is -2.52. The molecule has 0 atom stereocenters. The van der Waals surface area contributed by atoms with E-state index in [2.05, 4.69) is 25.3 Å². The van der Waals surface area contributed by atoms with Gasteiger partial charge in [0.05, 0.1) is 10.6 Å². The van der Waals surface area contributed by atoms with Crippen molar-refractivity contribution in [3.05, 3.63) is 47.2 Å². The second-order valence-electron chi connectivity index (χ2n) is 5.31. The predicted octanol–water partition coefficient (Wildman–Crippen LogP) is 3.59. The Morgan fingerprint density at radius 2 is 2.08 bits per heavy atom. The number of aromatic nitrogens is 6. The van der Waals surface area contributed by atoms with Crippen LogP contribution in [0.2, 0.25) is 0 Å². The first-order valence-electron chi connectivity index (χ1n) is 7.53. The number of hydrogen-bond donors (Lipinski definition) is 0. The molecule has 0 aliphatic heterocycles. The van der Waals surface area contributed by atoms with Crippen LogP contribution in [0.15, 0.2) is 45.4 Å². The number of nitrogens with zero attached hydrogens (tertiary/aromatic N) is 6. The molecule has 7 nitrogen and oxygen atoms in total. The quantitative estimate of drug-likeness (QED) is 0.496. The third-order valence-corrected chi connectivity index (χ3v) is 5.36. The Labute approximate surface area is 152 Å². The number of thiophene rings is 1. The van der Waals surface area contributed by atoms with Gasteiger partial charge in [0.25, 0.3) is 5.89 Å². The van der Waals surface area contributed by atoms with E-state index in [1.807, 2.05) is 54.3 Å². The Morgan fingerprint density at radius 1 is 1.16 bits per heavy atom. The van der Waals surface area contributed by atoms with Crippen LogP contribution in [0.5, 0.6) is 0 Å². The van der Waals surface area contributed by atoms with Crippen LogP contribution in [0, 0.1) is 6.92 Å². The predicted molar refractivity (Wildman–Crippen MR) is 96.1 cm³/mol. The number of pyridine rings is 1. The molecule has 9 heteroatoms. The number of thioether (sulfide) groups is 1. The summed E-state index contributed by atoms with van der Waals surface area (Å²) >= 11 is 3.16. The van der Waals surface area contributed by atoms with Crippen molar-refractivity contribution in [3.63, 3.8) is 0 Å². The lowest BCUT2D eigenvalue weighted by Gasteiger charge is -2.00. The molecule has 0 saturated carbocycles. The Kier molecular flexibility index (Phi) is 4.33. The van der Waals surface area contributed by atoms with E-state index in [1.165, 1.54) is 11.8 Å². The highest BCUT2D eigenvalue weighted by molar-refractivity contribution is 7.98. The minimum atomic E-state index is 0.427. The summed E-state index contributed by atoms with van der Waals surface area (Å²) < 4.78 is 7.28. The van der Waals surface area contributed by atoms with E-state index < -0.39 is 0 Å². The monoisotopic (exact) mass is 370 g/mol. The van der Waals surface area contributed by atoms with E-state index in [9.17, 15) is 0 Å². The molecule has 4 aromatic rings. The molecule has 0 bridgehead atoms. The fourth-order valence-corrected chi connectivity index (χ4v) is 3.77. The lowest BCUT2D eigenvalue weighted by atomic mass is 10.3. The van der Waals surface area contributed by atoms with Crippen LogP contribution in [-0.2, 0) is 12.8 Å². The molecule has 0 aliphatic rings. The van der Waals surface area contributed by atoms with Gasteiger partial charge in [0.1, 0.15) is 5.69 Å². The molecular weight excluding hydrogens is 356 g/mol. The summed E-state index contributed by atoms with van der Waals surface area (Å²) in [6.45, 7) is 1.93. The molecule has 4 rings (SSSR count). The second-order valence-corrected chi connectivity index (χ2v) is 7.20. The van der Waals surface area contributed by atoms with Crippen LogP contribution < -0.4 is 0 Å². The van der Waals surface area contributed by atoms with Gasteiger partial charge >= 0.3 is 0 Å². The van der Waals surface area contributed by atoms with Crippen LogP contribution >= 0.6 is 23.1 Å². The van der Waals surface area contributed by atoms with Gasteiger partial charge in [0.15, 0.2) is 16.8 Å². The Balaban J connectivity index is 1.48. The van der Waals surface area contributed by atoms with Crippen molar-refractivity contribution in [1.82, 2.24) is 29.9 Å². The summed E-state index contributed by atoms with van der Waals surface area (Å²) in [6.07, 6.45) is 0. The van der Waals surface area contributed by atoms with Gasteiger partial charge < -0.3 is 9.09 Å². The molecule has 4 heterocycles. The largest absolute Gasteiger partial charge is 0.332 e. The van der Waals surface area contributed by atoms with Gasteiger partial charge in [0, 0.05) is 12.7 Å². The zero-order chi connectivity index (χ0) is 17.2. The number of aryl methyl sites for hydroxylation is 1. The van der Waals surface area contributed by atoms with E-state index in [1.54, 1.807) is 11.3 Å². The third kappa shape index (κ3) is 3.33. The molecule has 0 saturated heterocycles. The molecule has 25 heavy (non-hydrogen) atoms. The van der Waals surface area contributed by atoms with Gasteiger partial charge in [-0.3, -0.25) is 0 Å². The molecule has 0 N–H and O–H groups in total. The van der Waals surface area contributed by atoms with Gasteiger partial charge in [-0.25, -0.2) is 4.98 Å². The van der Waals surface area contributed by atoms with Crippen molar-refractivity contribution in [3.8, 4) is 22.3 Å². The zero-order valence-corrected chi connectivity index (χ0v) is 15.2. The van der Waals surface area contributed by atoms with Gasteiger partial charge in [-0.1, -0.05) is 29.1 Å². The van der Waals surface area contributed by atoms with Crippen LogP contribution in [0.4, 0.5) is 0 Å². The standard InChI is InChI=1S/C16H14N6OS2/c1-10-5-3-6-11(17-10)15-18-13(21-23-15)9-25-16-20-19-14(22(16)2)12-7-4-8-24-12/h3-8H,9H2,1-2H3. The maximum absolute atomic E-state index is 5.31. The summed E-state index contributed by atoms with van der Waals surface area (Å²) in [4.78, 5) is 9.89. The average molecular weight is 370 g/mol. The smallest absolute Gasteiger partial charge is 0.276 e. The van der Waals surface area contributed by atoms with E-state index in [4.69, 9.17) is 4.52 Å². The average Bonchev–Trinajstić information content (AvgIpc) is 3.34. The molecule has 0 aromatic carbocycles. The highest BCUT2D eigenvalue weighted by Crippen LogP contribution is 2.27. The lowest BCUT2D eigenvalue weighted by Crippen LogP contribution is -1.94. The van der Waals surface area contributed by atoms with E-state index in [-0.39, 0.29) is 0 Å². The highest BCUT2D eigenvalue weighted by Gasteiger charge is 2.15. The SMILES string of the molecule is Cc1cccc(-c2nc(CSc3nnc(-c4cccs4)n3C)no2)n1.